The minimum Gasteiger partial charge on any atom is -0.483 e. The van der Waals surface area contributed by atoms with Crippen LogP contribution in [-0.2, 0) is 14.8 Å². The van der Waals surface area contributed by atoms with Crippen molar-refractivity contribution in [2.45, 2.75) is 11.8 Å². The minimum atomic E-state index is -3.91. The van der Waals surface area contributed by atoms with E-state index in [1.54, 1.807) is 6.92 Å². The second kappa shape index (κ2) is 9.43. The zero-order valence-electron chi connectivity index (χ0n) is 16.7. The number of nitrogens with one attached hydrogen (secondary N) is 2. The number of amides is 1. The molecule has 0 aliphatic carbocycles. The van der Waals surface area contributed by atoms with Gasteiger partial charge in [-0.05, 0) is 61.0 Å². The SMILES string of the molecule is Cc1cc(S(=O)(=O)Nc2ccc(F)cc2)ccc1OCC(=O)Nc1cccc([N+](=O)[O-])c1. The summed E-state index contributed by atoms with van der Waals surface area (Å²) in [6.07, 6.45) is 0. The van der Waals surface area contributed by atoms with Gasteiger partial charge in [-0.25, -0.2) is 12.8 Å². The van der Waals surface area contributed by atoms with Gasteiger partial charge in [0.15, 0.2) is 6.61 Å². The molecule has 0 aliphatic heterocycles. The number of hydrogen-bond acceptors (Lipinski definition) is 6. The van der Waals surface area contributed by atoms with E-state index in [-0.39, 0.29) is 28.6 Å². The molecule has 32 heavy (non-hydrogen) atoms. The number of carbonyl (C=O) groups excluding carboxylic acids is 1. The molecule has 166 valence electrons. The highest BCUT2D eigenvalue weighted by Gasteiger charge is 2.16. The highest BCUT2D eigenvalue weighted by Crippen LogP contribution is 2.24. The highest BCUT2D eigenvalue weighted by molar-refractivity contribution is 7.92. The Morgan fingerprint density at radius 3 is 2.44 bits per heavy atom. The number of halogens is 1. The summed E-state index contributed by atoms with van der Waals surface area (Å²) in [4.78, 5) is 22.3. The smallest absolute Gasteiger partial charge is 0.271 e. The van der Waals surface area contributed by atoms with Crippen molar-refractivity contribution < 1.29 is 27.3 Å². The fourth-order valence-electron chi connectivity index (χ4n) is 2.72. The molecule has 0 unspecified atom stereocenters. The maximum Gasteiger partial charge on any atom is 0.271 e. The van der Waals surface area contributed by atoms with Crippen LogP contribution >= 0.6 is 0 Å². The van der Waals surface area contributed by atoms with Crippen molar-refractivity contribution in [3.63, 3.8) is 0 Å². The number of nitro groups is 1. The number of hydrogen-bond donors (Lipinski definition) is 2. The number of aryl methyl sites for hydroxylation is 1. The first-order valence-corrected chi connectivity index (χ1v) is 10.7. The molecule has 0 aromatic heterocycles. The molecule has 3 rings (SSSR count). The molecular formula is C21H18FN3O6S. The van der Waals surface area contributed by atoms with Crippen LogP contribution in [-0.4, -0.2) is 25.9 Å². The summed E-state index contributed by atoms with van der Waals surface area (Å²) >= 11 is 0. The highest BCUT2D eigenvalue weighted by atomic mass is 32.2. The average molecular weight is 459 g/mol. The predicted molar refractivity (Wildman–Crippen MR) is 116 cm³/mol. The van der Waals surface area contributed by atoms with Crippen molar-refractivity contribution in [1.29, 1.82) is 0 Å². The molecule has 3 aromatic rings. The molecule has 0 heterocycles. The lowest BCUT2D eigenvalue weighted by Crippen LogP contribution is -2.20. The second-order valence-electron chi connectivity index (χ2n) is 6.68. The number of nitrogens with zero attached hydrogens (tertiary/aromatic N) is 1. The van der Waals surface area contributed by atoms with Gasteiger partial charge in [-0.3, -0.25) is 19.6 Å². The lowest BCUT2D eigenvalue weighted by molar-refractivity contribution is -0.384. The third-order valence-electron chi connectivity index (χ3n) is 4.25. The summed E-state index contributed by atoms with van der Waals surface area (Å²) in [5.74, 6) is -0.737. The lowest BCUT2D eigenvalue weighted by atomic mass is 10.2. The van der Waals surface area contributed by atoms with Crippen LogP contribution in [0.3, 0.4) is 0 Å². The van der Waals surface area contributed by atoms with E-state index in [9.17, 15) is 27.7 Å². The Balaban J connectivity index is 1.63. The minimum absolute atomic E-state index is 0.0345. The van der Waals surface area contributed by atoms with Crippen molar-refractivity contribution in [3.05, 3.63) is 88.2 Å². The molecule has 11 heteroatoms. The van der Waals surface area contributed by atoms with Gasteiger partial charge in [0.25, 0.3) is 21.6 Å². The van der Waals surface area contributed by atoms with Crippen molar-refractivity contribution >= 4 is 33.0 Å². The van der Waals surface area contributed by atoms with Gasteiger partial charge in [-0.1, -0.05) is 6.07 Å². The average Bonchev–Trinajstić information content (AvgIpc) is 2.74. The van der Waals surface area contributed by atoms with Crippen molar-refractivity contribution in [1.82, 2.24) is 0 Å². The zero-order valence-corrected chi connectivity index (χ0v) is 17.6. The summed E-state index contributed by atoms with van der Waals surface area (Å²) < 4.78 is 45.9. The van der Waals surface area contributed by atoms with Gasteiger partial charge >= 0.3 is 0 Å². The Morgan fingerprint density at radius 1 is 1.06 bits per heavy atom. The van der Waals surface area contributed by atoms with E-state index in [0.29, 0.717) is 11.3 Å². The molecule has 0 atom stereocenters. The molecule has 1 amide bonds. The van der Waals surface area contributed by atoms with Crippen molar-refractivity contribution in [3.8, 4) is 5.75 Å². The third-order valence-corrected chi connectivity index (χ3v) is 5.63. The van der Waals surface area contributed by atoms with E-state index < -0.39 is 26.7 Å². The topological polar surface area (TPSA) is 128 Å². The van der Waals surface area contributed by atoms with Gasteiger partial charge in [0.2, 0.25) is 0 Å². The van der Waals surface area contributed by atoms with Crippen LogP contribution in [0.5, 0.6) is 5.75 Å². The van der Waals surface area contributed by atoms with Gasteiger partial charge in [-0.2, -0.15) is 0 Å². The molecule has 0 bridgehead atoms. The second-order valence-corrected chi connectivity index (χ2v) is 8.37. The van der Waals surface area contributed by atoms with E-state index >= 15 is 0 Å². The first-order valence-electron chi connectivity index (χ1n) is 9.20. The summed E-state index contributed by atoms with van der Waals surface area (Å²) in [5, 5.41) is 13.3. The van der Waals surface area contributed by atoms with Crippen LogP contribution in [0.1, 0.15) is 5.56 Å². The van der Waals surface area contributed by atoms with Crippen LogP contribution in [0.15, 0.2) is 71.6 Å². The first-order chi connectivity index (χ1) is 15.1. The Kier molecular flexibility index (Phi) is 6.69. The molecule has 2 N–H and O–H groups in total. The summed E-state index contributed by atoms with van der Waals surface area (Å²) in [6, 6.07) is 14.4. The van der Waals surface area contributed by atoms with E-state index in [1.807, 2.05) is 0 Å². The molecule has 0 radical (unpaired) electrons. The van der Waals surface area contributed by atoms with Crippen LogP contribution in [0.25, 0.3) is 0 Å². The molecule has 0 aliphatic rings. The van der Waals surface area contributed by atoms with E-state index in [0.717, 1.165) is 12.1 Å². The van der Waals surface area contributed by atoms with E-state index in [4.69, 9.17) is 4.74 Å². The summed E-state index contributed by atoms with van der Waals surface area (Å²) in [6.45, 7) is 1.23. The van der Waals surface area contributed by atoms with Gasteiger partial charge in [0.1, 0.15) is 11.6 Å². The molecule has 9 nitrogen and oxygen atoms in total. The number of anilines is 2. The van der Waals surface area contributed by atoms with Gasteiger partial charge < -0.3 is 10.1 Å². The van der Waals surface area contributed by atoms with Gasteiger partial charge in [0.05, 0.1) is 9.82 Å². The zero-order chi connectivity index (χ0) is 23.3. The van der Waals surface area contributed by atoms with Crippen molar-refractivity contribution in [2.75, 3.05) is 16.6 Å². The number of nitro benzene ring substituents is 1. The molecule has 3 aromatic carbocycles. The Morgan fingerprint density at radius 2 is 1.78 bits per heavy atom. The Hall–Kier alpha value is -3.99. The maximum absolute atomic E-state index is 13.0. The summed E-state index contributed by atoms with van der Waals surface area (Å²) in [5.41, 5.74) is 0.765. The number of ether oxygens (including phenoxy) is 1. The fourth-order valence-corrected chi connectivity index (χ4v) is 3.86. The molecule has 0 saturated carbocycles. The number of non-ortho nitro benzene ring substituents is 1. The van der Waals surface area contributed by atoms with Crippen molar-refractivity contribution in [2.24, 2.45) is 0 Å². The number of benzene rings is 3. The largest absolute Gasteiger partial charge is 0.483 e. The van der Waals surface area contributed by atoms with Crippen LogP contribution in [0.2, 0.25) is 0 Å². The number of carbonyl (C=O) groups is 1. The first kappa shape index (κ1) is 22.7. The normalized spacial score (nSPS) is 10.9. The van der Waals surface area contributed by atoms with Gasteiger partial charge in [0, 0.05) is 23.5 Å². The standard InChI is InChI=1S/C21H18FN3O6S/c1-14-11-19(32(29,30)24-16-7-5-15(22)6-8-16)9-10-20(14)31-13-21(26)23-17-3-2-4-18(12-17)25(27)28/h2-12,24H,13H2,1H3,(H,23,26). The Labute approximate surface area is 183 Å². The van der Waals surface area contributed by atoms with E-state index in [1.165, 1.54) is 54.6 Å². The molecule has 0 fully saturated rings. The third kappa shape index (κ3) is 5.79. The van der Waals surface area contributed by atoms with Crippen LogP contribution in [0.4, 0.5) is 21.5 Å². The maximum atomic E-state index is 13.0. The lowest BCUT2D eigenvalue weighted by Gasteiger charge is -2.12. The van der Waals surface area contributed by atoms with Crippen LogP contribution in [0, 0.1) is 22.9 Å². The monoisotopic (exact) mass is 459 g/mol. The quantitative estimate of drug-likeness (QED) is 0.389. The summed E-state index contributed by atoms with van der Waals surface area (Å²) in [7, 11) is -3.91. The molecule has 0 saturated heterocycles. The number of sulfonamides is 1. The van der Waals surface area contributed by atoms with Crippen LogP contribution < -0.4 is 14.8 Å². The Bertz CT molecular complexity index is 1260. The fraction of sp³-hybridized carbons (Fsp3) is 0.0952. The number of rotatable bonds is 8. The van der Waals surface area contributed by atoms with Gasteiger partial charge in [-0.15, -0.1) is 0 Å². The molecule has 0 spiro atoms. The molecular weight excluding hydrogens is 441 g/mol. The predicted octanol–water partition coefficient (Wildman–Crippen LogP) is 3.86. The van der Waals surface area contributed by atoms with E-state index in [2.05, 4.69) is 10.0 Å².